The molecule has 0 spiro atoms. The summed E-state index contributed by atoms with van der Waals surface area (Å²) in [6.07, 6.45) is -10.0. The number of sulfone groups is 1. The standard InChI is InChI=1S/C22H20ClF7N2O4S.C4H10NO3PS/c1-11-9-13(20(24,21(25,26)27)22(28,29)30)7-8-16(11)32-18(33)14-5-4-6-15(23)17(14)19(34)31-12(2)10-37(3,35)36;1-4(6)5-9(7,8-2)10-3/h4-9,12H,10H2,1-3H3,(H,31,34)(H,32,33);1-3H3,(H,5,6,7)/t12-;/m0./s1. The monoisotopic (exact) mass is 759 g/mol. The summed E-state index contributed by atoms with van der Waals surface area (Å²) >= 11 is 7.06. The van der Waals surface area contributed by atoms with Gasteiger partial charge in [0.25, 0.3) is 11.8 Å². The summed E-state index contributed by atoms with van der Waals surface area (Å²) in [7, 11) is -2.16. The SMILES string of the molecule is COP(=O)(NC(C)=O)SC.Cc1cc(C(F)(C(F)(F)F)C(F)(F)F)ccc1NC(=O)c1cccc(Cl)c1C(=O)N[C@@H](C)CS(C)(=O)=O. The molecule has 21 heteroatoms. The normalized spacial score (nSPS) is 14.2. The quantitative estimate of drug-likeness (QED) is 0.182. The first-order chi connectivity index (χ1) is 21.2. The number of carbonyl (C=O) groups is 3. The first kappa shape index (κ1) is 42.2. The van der Waals surface area contributed by atoms with E-state index in [0.717, 1.165) is 24.6 Å². The second-order valence-corrected chi connectivity index (χ2v) is 16.9. The van der Waals surface area contributed by atoms with Gasteiger partial charge in [0, 0.05) is 37.6 Å². The minimum absolute atomic E-state index is 0.193. The second-order valence-electron chi connectivity index (χ2n) is 9.80. The van der Waals surface area contributed by atoms with Gasteiger partial charge >= 0.3 is 24.7 Å². The van der Waals surface area contributed by atoms with Gasteiger partial charge in [-0.2, -0.15) is 26.3 Å². The zero-order valence-electron chi connectivity index (χ0n) is 25.4. The highest BCUT2D eigenvalue weighted by molar-refractivity contribution is 8.55. The van der Waals surface area contributed by atoms with Gasteiger partial charge in [0.15, 0.2) is 0 Å². The van der Waals surface area contributed by atoms with Gasteiger partial charge in [0.1, 0.15) is 9.84 Å². The highest BCUT2D eigenvalue weighted by Gasteiger charge is 2.73. The molecule has 2 rings (SSSR count). The first-order valence-corrected chi connectivity index (χ1v) is 18.6. The number of aryl methyl sites for hydroxylation is 1. The summed E-state index contributed by atoms with van der Waals surface area (Å²) in [4.78, 5) is 36.0. The van der Waals surface area contributed by atoms with Crippen LogP contribution in [0.2, 0.25) is 5.02 Å². The zero-order valence-corrected chi connectivity index (χ0v) is 28.7. The number of carbonyl (C=O) groups excluding carboxylic acids is 3. The molecule has 2 atom stereocenters. The molecule has 3 N–H and O–H groups in total. The molecular weight excluding hydrogens is 730 g/mol. The van der Waals surface area contributed by atoms with Gasteiger partial charge in [-0.1, -0.05) is 41.2 Å². The van der Waals surface area contributed by atoms with Crippen molar-refractivity contribution < 1.29 is 62.6 Å². The minimum atomic E-state index is -6.31. The second kappa shape index (κ2) is 16.0. The number of benzene rings is 2. The number of alkyl halides is 7. The maximum atomic E-state index is 14.3. The van der Waals surface area contributed by atoms with Crippen molar-refractivity contribution in [3.05, 3.63) is 63.7 Å². The molecule has 3 amide bonds. The van der Waals surface area contributed by atoms with Crippen molar-refractivity contribution in [1.82, 2.24) is 10.4 Å². The zero-order chi connectivity index (χ0) is 36.8. The topological polar surface area (TPSA) is 148 Å². The van der Waals surface area contributed by atoms with E-state index in [0.29, 0.717) is 12.1 Å². The summed E-state index contributed by atoms with van der Waals surface area (Å²) in [5.41, 5.74) is -8.66. The van der Waals surface area contributed by atoms with E-state index in [9.17, 15) is 58.1 Å². The van der Waals surface area contributed by atoms with E-state index in [4.69, 9.17) is 11.6 Å². The van der Waals surface area contributed by atoms with Crippen LogP contribution in [0.25, 0.3) is 0 Å². The molecule has 264 valence electrons. The average molecular weight is 760 g/mol. The van der Waals surface area contributed by atoms with Crippen molar-refractivity contribution in [2.45, 2.75) is 44.8 Å². The molecule has 47 heavy (non-hydrogen) atoms. The van der Waals surface area contributed by atoms with Gasteiger partial charge < -0.3 is 15.2 Å². The molecule has 0 aliphatic rings. The van der Waals surface area contributed by atoms with Crippen LogP contribution in [0.3, 0.4) is 0 Å². The van der Waals surface area contributed by atoms with Crippen LogP contribution in [-0.2, 0) is 29.4 Å². The van der Waals surface area contributed by atoms with Crippen LogP contribution in [-0.4, -0.2) is 69.9 Å². The molecule has 0 saturated carbocycles. The van der Waals surface area contributed by atoms with Crippen molar-refractivity contribution in [3.63, 3.8) is 0 Å². The Hall–Kier alpha value is -2.86. The predicted molar refractivity (Wildman–Crippen MR) is 164 cm³/mol. The van der Waals surface area contributed by atoms with E-state index in [2.05, 4.69) is 20.2 Å². The fraction of sp³-hybridized carbons (Fsp3) is 0.423. The molecule has 0 aliphatic heterocycles. The van der Waals surface area contributed by atoms with E-state index in [1.165, 1.54) is 39.2 Å². The van der Waals surface area contributed by atoms with Gasteiger partial charge in [-0.25, -0.2) is 12.8 Å². The van der Waals surface area contributed by atoms with Crippen molar-refractivity contribution in [2.75, 3.05) is 30.7 Å². The smallest absolute Gasteiger partial charge is 0.348 e. The Morgan fingerprint density at radius 2 is 1.57 bits per heavy atom. The Bertz CT molecular complexity index is 1620. The molecule has 0 saturated heterocycles. The molecule has 0 bridgehead atoms. The summed E-state index contributed by atoms with van der Waals surface area (Å²) < 4.78 is 131. The molecule has 0 fully saturated rings. The van der Waals surface area contributed by atoms with Crippen LogP contribution in [0, 0.1) is 6.92 Å². The Labute approximate surface area is 274 Å². The van der Waals surface area contributed by atoms with Crippen molar-refractivity contribution in [1.29, 1.82) is 0 Å². The third-order valence-electron chi connectivity index (χ3n) is 5.84. The first-order valence-electron chi connectivity index (χ1n) is 12.7. The average Bonchev–Trinajstić information content (AvgIpc) is 2.90. The summed E-state index contributed by atoms with van der Waals surface area (Å²) in [5.74, 6) is -2.68. The number of halogens is 8. The van der Waals surface area contributed by atoms with E-state index >= 15 is 0 Å². The van der Waals surface area contributed by atoms with Crippen molar-refractivity contribution >= 4 is 63.0 Å². The van der Waals surface area contributed by atoms with Gasteiger partial charge in [-0.3, -0.25) is 24.0 Å². The van der Waals surface area contributed by atoms with Gasteiger partial charge in [0.2, 0.25) is 5.91 Å². The number of rotatable bonds is 10. The van der Waals surface area contributed by atoms with E-state index < -0.39 is 63.8 Å². The lowest BCUT2D eigenvalue weighted by Gasteiger charge is -2.30. The highest BCUT2D eigenvalue weighted by atomic mass is 35.5. The van der Waals surface area contributed by atoms with Crippen molar-refractivity contribution in [2.24, 2.45) is 0 Å². The number of hydrogen-bond donors (Lipinski definition) is 3. The lowest BCUT2D eigenvalue weighted by Crippen LogP contribution is -2.50. The van der Waals surface area contributed by atoms with E-state index in [1.807, 2.05) is 0 Å². The Morgan fingerprint density at radius 1 is 1.02 bits per heavy atom. The number of amides is 3. The molecule has 0 heterocycles. The molecule has 0 radical (unpaired) electrons. The largest absolute Gasteiger partial charge is 0.435 e. The third-order valence-corrected chi connectivity index (χ3v) is 11.0. The maximum absolute atomic E-state index is 14.3. The maximum Gasteiger partial charge on any atom is 0.435 e. The Morgan fingerprint density at radius 3 is 1.98 bits per heavy atom. The van der Waals surface area contributed by atoms with Gasteiger partial charge in [0.05, 0.1) is 21.9 Å². The lowest BCUT2D eigenvalue weighted by atomic mass is 9.92. The van der Waals surface area contributed by atoms with E-state index in [1.54, 1.807) is 6.26 Å². The van der Waals surface area contributed by atoms with E-state index in [-0.39, 0.29) is 39.4 Å². The van der Waals surface area contributed by atoms with Crippen molar-refractivity contribution in [3.8, 4) is 0 Å². The van der Waals surface area contributed by atoms with Gasteiger partial charge in [-0.05, 0) is 43.9 Å². The van der Waals surface area contributed by atoms with Crippen LogP contribution in [0.15, 0.2) is 36.4 Å². The lowest BCUT2D eigenvalue weighted by molar-refractivity contribution is -0.348. The summed E-state index contributed by atoms with van der Waals surface area (Å²) in [5, 5.41) is 6.64. The minimum Gasteiger partial charge on any atom is -0.348 e. The molecule has 0 aliphatic carbocycles. The van der Waals surface area contributed by atoms with Crippen LogP contribution >= 0.6 is 29.7 Å². The highest BCUT2D eigenvalue weighted by Crippen LogP contribution is 2.54. The predicted octanol–water partition coefficient (Wildman–Crippen LogP) is 6.59. The molecular formula is C26H30ClF7N3O7PS2. The molecule has 10 nitrogen and oxygen atoms in total. The molecule has 2 aromatic rings. The fourth-order valence-electron chi connectivity index (χ4n) is 3.79. The summed E-state index contributed by atoms with van der Waals surface area (Å²) in [6.45, 7) is 0.816. The third kappa shape index (κ3) is 11.4. The number of hydrogen-bond acceptors (Lipinski definition) is 8. The Kier molecular flexibility index (Phi) is 14.4. The Balaban J connectivity index is 0.000000950. The number of anilines is 1. The van der Waals surface area contributed by atoms with Gasteiger partial charge in [-0.15, -0.1) is 0 Å². The number of nitrogens with one attached hydrogen (secondary N) is 3. The van der Waals surface area contributed by atoms with Crippen LogP contribution in [0.4, 0.5) is 36.4 Å². The van der Waals surface area contributed by atoms with Crippen LogP contribution in [0.5, 0.6) is 0 Å². The molecule has 1 unspecified atom stereocenters. The molecule has 0 aromatic heterocycles. The van der Waals surface area contributed by atoms with Crippen LogP contribution in [0.1, 0.15) is 45.7 Å². The fourth-order valence-corrected chi connectivity index (χ4v) is 6.87. The summed E-state index contributed by atoms with van der Waals surface area (Å²) in [6, 6.07) is 4.07. The molecule has 2 aromatic carbocycles. The van der Waals surface area contributed by atoms with Crippen LogP contribution < -0.4 is 15.7 Å².